The number of aromatic amines is 1. The molecule has 5 nitrogen and oxygen atoms in total. The Balaban J connectivity index is 1.57. The van der Waals surface area contributed by atoms with Gasteiger partial charge in [-0.2, -0.15) is 0 Å². The summed E-state index contributed by atoms with van der Waals surface area (Å²) in [7, 11) is 0. The number of aryl methyl sites for hydroxylation is 1. The molecule has 4 rings (SSSR count). The van der Waals surface area contributed by atoms with E-state index < -0.39 is 0 Å². The normalized spacial score (nSPS) is 11.7. The number of carbonyl (C=O) groups excluding carboxylic acids is 2. The molecule has 4 aromatic rings. The summed E-state index contributed by atoms with van der Waals surface area (Å²) < 4.78 is 0. The monoisotopic (exact) mass is 537 g/mol. The van der Waals surface area contributed by atoms with E-state index in [2.05, 4.69) is 76.0 Å². The lowest BCUT2D eigenvalue weighted by atomic mass is 9.87. The molecule has 0 bridgehead atoms. The van der Waals surface area contributed by atoms with Crippen LogP contribution in [0.3, 0.4) is 0 Å². The van der Waals surface area contributed by atoms with Gasteiger partial charge in [-0.25, -0.2) is 0 Å². The SMILES string of the molecule is Cc1ccc(C(=O)N(CC(=O)N(CCc2c[nH]c3ccccc23)Cc2ccc(C(C)(C)C)cc2)CC(C)C)cc1. The van der Waals surface area contributed by atoms with Crippen LogP contribution in [0.1, 0.15) is 67.2 Å². The van der Waals surface area contributed by atoms with Crippen LogP contribution in [0.5, 0.6) is 0 Å². The van der Waals surface area contributed by atoms with Crippen molar-refractivity contribution in [3.63, 3.8) is 0 Å². The third kappa shape index (κ3) is 7.41. The molecule has 0 fully saturated rings. The standard InChI is InChI=1S/C35H43N3O2/c1-25(2)22-38(34(40)28-15-11-26(3)12-16-28)24-33(39)37(23-27-13-17-30(18-14-27)35(4,5)6)20-19-29-21-36-32-10-8-7-9-31(29)32/h7-18,21,25,36H,19-20,22-24H2,1-6H3. The highest BCUT2D eigenvalue weighted by molar-refractivity contribution is 5.96. The molecule has 0 unspecified atom stereocenters. The summed E-state index contributed by atoms with van der Waals surface area (Å²) in [6.45, 7) is 14.4. The number of benzene rings is 3. The van der Waals surface area contributed by atoms with E-state index >= 15 is 0 Å². The van der Waals surface area contributed by atoms with Crippen LogP contribution in [-0.4, -0.2) is 46.2 Å². The second-order valence-corrected chi connectivity index (χ2v) is 12.3. The van der Waals surface area contributed by atoms with Crippen molar-refractivity contribution in [3.05, 3.63) is 107 Å². The van der Waals surface area contributed by atoms with Gasteiger partial charge in [0.1, 0.15) is 6.54 Å². The van der Waals surface area contributed by atoms with E-state index in [1.807, 2.05) is 54.4 Å². The van der Waals surface area contributed by atoms with E-state index in [1.165, 1.54) is 16.5 Å². The second kappa shape index (κ2) is 12.5. The van der Waals surface area contributed by atoms with Crippen molar-refractivity contribution in [1.82, 2.24) is 14.8 Å². The number of nitrogens with zero attached hydrogens (tertiary/aromatic N) is 2. The molecular formula is C35H43N3O2. The minimum Gasteiger partial charge on any atom is -0.361 e. The number of amides is 2. The van der Waals surface area contributed by atoms with E-state index in [-0.39, 0.29) is 29.7 Å². The third-order valence-electron chi connectivity index (χ3n) is 7.37. The lowest BCUT2D eigenvalue weighted by Gasteiger charge is -2.29. The van der Waals surface area contributed by atoms with Crippen LogP contribution in [0.25, 0.3) is 10.9 Å². The molecular weight excluding hydrogens is 494 g/mol. The molecule has 0 saturated heterocycles. The molecule has 5 heteroatoms. The van der Waals surface area contributed by atoms with Crippen molar-refractivity contribution in [2.75, 3.05) is 19.6 Å². The molecule has 1 N–H and O–H groups in total. The number of nitrogens with one attached hydrogen (secondary N) is 1. The average Bonchev–Trinajstić information content (AvgIpc) is 3.33. The van der Waals surface area contributed by atoms with Crippen LogP contribution in [0.15, 0.2) is 79.0 Å². The van der Waals surface area contributed by atoms with Gasteiger partial charge in [0.2, 0.25) is 5.91 Å². The number of aromatic nitrogens is 1. The zero-order valence-electron chi connectivity index (χ0n) is 24.8. The highest BCUT2D eigenvalue weighted by Gasteiger charge is 2.24. The van der Waals surface area contributed by atoms with Crippen molar-refractivity contribution in [3.8, 4) is 0 Å². The van der Waals surface area contributed by atoms with E-state index in [0.29, 0.717) is 25.2 Å². The first-order chi connectivity index (χ1) is 19.0. The summed E-state index contributed by atoms with van der Waals surface area (Å²) in [6, 6.07) is 24.4. The van der Waals surface area contributed by atoms with Crippen LogP contribution in [-0.2, 0) is 23.2 Å². The molecule has 210 valence electrons. The quantitative estimate of drug-likeness (QED) is 0.234. The summed E-state index contributed by atoms with van der Waals surface area (Å²) in [5.41, 5.74) is 6.41. The van der Waals surface area contributed by atoms with Crippen molar-refractivity contribution in [1.29, 1.82) is 0 Å². The molecule has 0 atom stereocenters. The molecule has 0 saturated carbocycles. The van der Waals surface area contributed by atoms with Gasteiger partial charge in [0.05, 0.1) is 0 Å². The van der Waals surface area contributed by atoms with Crippen molar-refractivity contribution in [2.45, 2.75) is 59.9 Å². The zero-order chi connectivity index (χ0) is 28.9. The third-order valence-corrected chi connectivity index (χ3v) is 7.37. The zero-order valence-corrected chi connectivity index (χ0v) is 24.8. The van der Waals surface area contributed by atoms with Gasteiger partial charge in [-0.05, 0) is 59.6 Å². The number of H-pyrrole nitrogens is 1. The number of fused-ring (bicyclic) bond motifs is 1. The largest absolute Gasteiger partial charge is 0.361 e. The summed E-state index contributed by atoms with van der Waals surface area (Å²) in [5, 5.41) is 1.18. The maximum Gasteiger partial charge on any atom is 0.254 e. The fourth-order valence-electron chi connectivity index (χ4n) is 5.02. The van der Waals surface area contributed by atoms with Gasteiger partial charge in [0, 0.05) is 42.3 Å². The highest BCUT2D eigenvalue weighted by Crippen LogP contribution is 2.23. The number of hydrogen-bond acceptors (Lipinski definition) is 2. The summed E-state index contributed by atoms with van der Waals surface area (Å²) in [4.78, 5) is 34.3. The van der Waals surface area contributed by atoms with Gasteiger partial charge in [-0.1, -0.05) is 94.8 Å². The lowest BCUT2D eigenvalue weighted by molar-refractivity contribution is -0.132. The molecule has 40 heavy (non-hydrogen) atoms. The van der Waals surface area contributed by atoms with Gasteiger partial charge in [-0.15, -0.1) is 0 Å². The number of rotatable bonds is 10. The van der Waals surface area contributed by atoms with Gasteiger partial charge in [0.25, 0.3) is 5.91 Å². The van der Waals surface area contributed by atoms with Crippen LogP contribution >= 0.6 is 0 Å². The summed E-state index contributed by atoms with van der Waals surface area (Å²) in [5.74, 6) is 0.0980. The van der Waals surface area contributed by atoms with Gasteiger partial charge >= 0.3 is 0 Å². The van der Waals surface area contributed by atoms with E-state index in [4.69, 9.17) is 0 Å². The first kappa shape index (κ1) is 29.1. The average molecular weight is 538 g/mol. The lowest BCUT2D eigenvalue weighted by Crippen LogP contribution is -2.44. The molecule has 0 aliphatic heterocycles. The van der Waals surface area contributed by atoms with Gasteiger partial charge in [-0.3, -0.25) is 9.59 Å². The molecule has 1 aromatic heterocycles. The van der Waals surface area contributed by atoms with E-state index in [1.54, 1.807) is 4.90 Å². The molecule has 2 amide bonds. The second-order valence-electron chi connectivity index (χ2n) is 12.3. The van der Waals surface area contributed by atoms with E-state index in [0.717, 1.165) is 23.1 Å². The Morgan fingerprint density at radius 2 is 1.55 bits per heavy atom. The van der Waals surface area contributed by atoms with Crippen molar-refractivity contribution >= 4 is 22.7 Å². The minimum atomic E-state index is -0.104. The predicted octanol–water partition coefficient (Wildman–Crippen LogP) is 7.14. The van der Waals surface area contributed by atoms with Crippen LogP contribution < -0.4 is 0 Å². The highest BCUT2D eigenvalue weighted by atomic mass is 16.2. The molecule has 3 aromatic carbocycles. The summed E-state index contributed by atoms with van der Waals surface area (Å²) in [6.07, 6.45) is 2.77. The maximum atomic E-state index is 13.9. The predicted molar refractivity (Wildman–Crippen MR) is 164 cm³/mol. The molecule has 0 spiro atoms. The smallest absolute Gasteiger partial charge is 0.254 e. The molecule has 0 radical (unpaired) electrons. The number of carbonyl (C=O) groups is 2. The molecule has 1 heterocycles. The molecule has 0 aliphatic carbocycles. The van der Waals surface area contributed by atoms with E-state index in [9.17, 15) is 9.59 Å². The fraction of sp³-hybridized carbons (Fsp3) is 0.371. The Kier molecular flexibility index (Phi) is 9.14. The Morgan fingerprint density at radius 1 is 0.875 bits per heavy atom. The molecule has 0 aliphatic rings. The first-order valence-electron chi connectivity index (χ1n) is 14.3. The first-order valence-corrected chi connectivity index (χ1v) is 14.3. The van der Waals surface area contributed by atoms with Gasteiger partial charge < -0.3 is 14.8 Å². The number of para-hydroxylation sites is 1. The Morgan fingerprint density at radius 3 is 2.20 bits per heavy atom. The van der Waals surface area contributed by atoms with Crippen molar-refractivity contribution in [2.24, 2.45) is 5.92 Å². The van der Waals surface area contributed by atoms with Crippen LogP contribution in [0, 0.1) is 12.8 Å². The summed E-state index contributed by atoms with van der Waals surface area (Å²) >= 11 is 0. The Labute approximate surface area is 239 Å². The Hall–Kier alpha value is -3.86. The topological polar surface area (TPSA) is 56.4 Å². The van der Waals surface area contributed by atoms with Crippen LogP contribution in [0.4, 0.5) is 0 Å². The maximum absolute atomic E-state index is 13.9. The minimum absolute atomic E-state index is 0.0409. The van der Waals surface area contributed by atoms with Crippen molar-refractivity contribution < 1.29 is 9.59 Å². The van der Waals surface area contributed by atoms with Gasteiger partial charge in [0.15, 0.2) is 0 Å². The Bertz CT molecular complexity index is 1430. The fourth-order valence-corrected chi connectivity index (χ4v) is 5.02. The number of hydrogen-bond donors (Lipinski definition) is 1. The van der Waals surface area contributed by atoms with Crippen LogP contribution in [0.2, 0.25) is 0 Å².